The standard InChI is InChI=1S/C18H19NO/c20-14-17-12-19(11-15-7-3-1-4-8-15)13-18(17)16-9-5-2-6-10-16/h1-10,14,17-18H,11-13H2/t17?,18-/m1/s1. The van der Waals surface area contributed by atoms with Gasteiger partial charge in [0.1, 0.15) is 6.29 Å². The second-order valence-corrected chi connectivity index (χ2v) is 5.50. The van der Waals surface area contributed by atoms with Crippen LogP contribution in [0.5, 0.6) is 0 Å². The molecule has 0 radical (unpaired) electrons. The highest BCUT2D eigenvalue weighted by molar-refractivity contribution is 5.57. The van der Waals surface area contributed by atoms with Crippen LogP contribution in [0.2, 0.25) is 0 Å². The van der Waals surface area contributed by atoms with E-state index in [2.05, 4.69) is 53.4 Å². The van der Waals surface area contributed by atoms with E-state index in [9.17, 15) is 4.79 Å². The zero-order chi connectivity index (χ0) is 13.8. The van der Waals surface area contributed by atoms with Gasteiger partial charge in [-0.3, -0.25) is 4.90 Å². The SMILES string of the molecule is O=CC1CN(Cc2ccccc2)C[C@@H]1c1ccccc1. The van der Waals surface area contributed by atoms with Crippen molar-refractivity contribution in [1.82, 2.24) is 4.90 Å². The summed E-state index contributed by atoms with van der Waals surface area (Å²) in [5, 5.41) is 0. The molecule has 2 aromatic rings. The van der Waals surface area contributed by atoms with Crippen molar-refractivity contribution in [1.29, 1.82) is 0 Å². The van der Waals surface area contributed by atoms with Gasteiger partial charge < -0.3 is 4.79 Å². The highest BCUT2D eigenvalue weighted by Gasteiger charge is 2.33. The average molecular weight is 265 g/mol. The molecule has 1 aliphatic heterocycles. The molecule has 0 aliphatic carbocycles. The van der Waals surface area contributed by atoms with Crippen LogP contribution in [0, 0.1) is 5.92 Å². The van der Waals surface area contributed by atoms with Crippen molar-refractivity contribution in [3.05, 3.63) is 71.8 Å². The number of likely N-dealkylation sites (tertiary alicyclic amines) is 1. The van der Waals surface area contributed by atoms with Crippen molar-refractivity contribution in [2.24, 2.45) is 5.92 Å². The Morgan fingerprint density at radius 1 is 0.950 bits per heavy atom. The van der Waals surface area contributed by atoms with E-state index in [0.717, 1.165) is 25.9 Å². The van der Waals surface area contributed by atoms with E-state index >= 15 is 0 Å². The molecule has 1 fully saturated rings. The van der Waals surface area contributed by atoms with Crippen LogP contribution in [0.4, 0.5) is 0 Å². The Morgan fingerprint density at radius 3 is 2.25 bits per heavy atom. The molecule has 1 unspecified atom stereocenters. The molecule has 3 rings (SSSR count). The summed E-state index contributed by atoms with van der Waals surface area (Å²) in [4.78, 5) is 13.7. The first kappa shape index (κ1) is 13.1. The van der Waals surface area contributed by atoms with Crippen LogP contribution in [0.25, 0.3) is 0 Å². The van der Waals surface area contributed by atoms with Gasteiger partial charge in [0.05, 0.1) is 0 Å². The maximum absolute atomic E-state index is 11.4. The third-order valence-corrected chi connectivity index (χ3v) is 4.09. The van der Waals surface area contributed by atoms with Gasteiger partial charge in [-0.1, -0.05) is 60.7 Å². The van der Waals surface area contributed by atoms with Gasteiger partial charge in [-0.2, -0.15) is 0 Å². The lowest BCUT2D eigenvalue weighted by atomic mass is 9.90. The zero-order valence-corrected chi connectivity index (χ0v) is 11.5. The van der Waals surface area contributed by atoms with Gasteiger partial charge in [-0.05, 0) is 11.1 Å². The van der Waals surface area contributed by atoms with Gasteiger partial charge in [-0.15, -0.1) is 0 Å². The molecule has 0 amide bonds. The fraction of sp³-hybridized carbons (Fsp3) is 0.278. The number of rotatable bonds is 4. The largest absolute Gasteiger partial charge is 0.303 e. The Morgan fingerprint density at radius 2 is 1.60 bits per heavy atom. The maximum Gasteiger partial charge on any atom is 0.125 e. The van der Waals surface area contributed by atoms with Gasteiger partial charge in [0, 0.05) is 31.5 Å². The highest BCUT2D eigenvalue weighted by Crippen LogP contribution is 2.32. The van der Waals surface area contributed by atoms with Gasteiger partial charge in [0.25, 0.3) is 0 Å². The second-order valence-electron chi connectivity index (χ2n) is 5.50. The van der Waals surface area contributed by atoms with Gasteiger partial charge >= 0.3 is 0 Å². The molecule has 1 aliphatic rings. The van der Waals surface area contributed by atoms with Crippen LogP contribution in [-0.2, 0) is 11.3 Å². The molecule has 0 spiro atoms. The molecule has 20 heavy (non-hydrogen) atoms. The fourth-order valence-electron chi connectivity index (χ4n) is 3.07. The van der Waals surface area contributed by atoms with Crippen molar-refractivity contribution in [3.8, 4) is 0 Å². The number of benzene rings is 2. The fourth-order valence-corrected chi connectivity index (χ4v) is 3.07. The van der Waals surface area contributed by atoms with Crippen LogP contribution in [0.3, 0.4) is 0 Å². The average Bonchev–Trinajstić information content (AvgIpc) is 2.92. The lowest BCUT2D eigenvalue weighted by molar-refractivity contribution is -0.111. The summed E-state index contributed by atoms with van der Waals surface area (Å²) in [5.41, 5.74) is 2.59. The van der Waals surface area contributed by atoms with Crippen molar-refractivity contribution in [3.63, 3.8) is 0 Å². The van der Waals surface area contributed by atoms with Crippen molar-refractivity contribution in [2.45, 2.75) is 12.5 Å². The Hall–Kier alpha value is -1.93. The lowest BCUT2D eigenvalue weighted by Crippen LogP contribution is -2.20. The summed E-state index contributed by atoms with van der Waals surface area (Å²) in [6.45, 7) is 2.74. The molecule has 1 heterocycles. The molecule has 2 nitrogen and oxygen atoms in total. The molecule has 2 atom stereocenters. The van der Waals surface area contributed by atoms with Crippen LogP contribution in [0.1, 0.15) is 17.0 Å². The minimum atomic E-state index is 0.112. The van der Waals surface area contributed by atoms with E-state index in [-0.39, 0.29) is 5.92 Å². The van der Waals surface area contributed by atoms with Crippen LogP contribution in [0.15, 0.2) is 60.7 Å². The molecule has 0 N–H and O–H groups in total. The number of carbonyl (C=O) groups is 1. The number of hydrogen-bond acceptors (Lipinski definition) is 2. The molecule has 2 aromatic carbocycles. The first-order valence-electron chi connectivity index (χ1n) is 7.13. The van der Waals surface area contributed by atoms with E-state index in [1.54, 1.807) is 0 Å². The van der Waals surface area contributed by atoms with E-state index < -0.39 is 0 Å². The molecule has 0 saturated carbocycles. The lowest BCUT2D eigenvalue weighted by Gasteiger charge is -2.16. The molecule has 2 heteroatoms. The summed E-state index contributed by atoms with van der Waals surface area (Å²) in [7, 11) is 0. The minimum absolute atomic E-state index is 0.112. The van der Waals surface area contributed by atoms with Gasteiger partial charge in [-0.25, -0.2) is 0 Å². The molecule has 102 valence electrons. The van der Waals surface area contributed by atoms with E-state index in [1.807, 2.05) is 12.1 Å². The third-order valence-electron chi connectivity index (χ3n) is 4.09. The highest BCUT2D eigenvalue weighted by atomic mass is 16.1. The summed E-state index contributed by atoms with van der Waals surface area (Å²) in [5.74, 6) is 0.443. The van der Waals surface area contributed by atoms with Gasteiger partial charge in [0.15, 0.2) is 0 Å². The molecular formula is C18H19NO. The number of aldehydes is 1. The van der Waals surface area contributed by atoms with E-state index in [4.69, 9.17) is 0 Å². The predicted octanol–water partition coefficient (Wildman–Crippen LogP) is 3.10. The van der Waals surface area contributed by atoms with Crippen molar-refractivity contribution < 1.29 is 4.79 Å². The summed E-state index contributed by atoms with van der Waals surface area (Å²) in [6, 6.07) is 20.9. The Labute approximate surface area is 120 Å². The zero-order valence-electron chi connectivity index (χ0n) is 11.5. The molecular weight excluding hydrogens is 246 g/mol. The van der Waals surface area contributed by atoms with Crippen molar-refractivity contribution in [2.75, 3.05) is 13.1 Å². The Bertz CT molecular complexity index is 552. The predicted molar refractivity (Wildman–Crippen MR) is 80.5 cm³/mol. The van der Waals surface area contributed by atoms with Crippen LogP contribution in [-0.4, -0.2) is 24.3 Å². The van der Waals surface area contributed by atoms with Crippen LogP contribution < -0.4 is 0 Å². The Balaban J connectivity index is 1.73. The first-order chi connectivity index (χ1) is 9.86. The monoisotopic (exact) mass is 265 g/mol. The first-order valence-corrected chi connectivity index (χ1v) is 7.13. The second kappa shape index (κ2) is 6.02. The number of hydrogen-bond donors (Lipinski definition) is 0. The molecule has 1 saturated heterocycles. The minimum Gasteiger partial charge on any atom is -0.303 e. The maximum atomic E-state index is 11.4. The Kier molecular flexibility index (Phi) is 3.93. The smallest absolute Gasteiger partial charge is 0.125 e. The van der Waals surface area contributed by atoms with Crippen molar-refractivity contribution >= 4 is 6.29 Å². The molecule has 0 aromatic heterocycles. The number of nitrogens with zero attached hydrogens (tertiary/aromatic N) is 1. The van der Waals surface area contributed by atoms with Crippen LogP contribution >= 0.6 is 0 Å². The van der Waals surface area contributed by atoms with Gasteiger partial charge in [0.2, 0.25) is 0 Å². The number of carbonyl (C=O) groups excluding carboxylic acids is 1. The van der Waals surface area contributed by atoms with E-state index in [0.29, 0.717) is 5.92 Å². The molecule has 0 bridgehead atoms. The summed E-state index contributed by atoms with van der Waals surface area (Å²) in [6.07, 6.45) is 1.13. The summed E-state index contributed by atoms with van der Waals surface area (Å²) >= 11 is 0. The third kappa shape index (κ3) is 2.81. The van der Waals surface area contributed by atoms with E-state index in [1.165, 1.54) is 11.1 Å². The quantitative estimate of drug-likeness (QED) is 0.792. The topological polar surface area (TPSA) is 20.3 Å². The summed E-state index contributed by atoms with van der Waals surface area (Å²) < 4.78 is 0. The normalized spacial score (nSPS) is 22.8.